The highest BCUT2D eigenvalue weighted by atomic mass is 16.8. The Morgan fingerprint density at radius 1 is 0.697 bits per heavy atom. The van der Waals surface area contributed by atoms with Gasteiger partial charge < -0.3 is 99.5 Å². The van der Waals surface area contributed by atoms with Gasteiger partial charge in [-0.1, -0.05) is 66.2 Å². The maximum absolute atomic E-state index is 13.2. The van der Waals surface area contributed by atoms with E-state index in [1.54, 1.807) is 19.9 Å². The van der Waals surface area contributed by atoms with E-state index in [0.717, 1.165) is 0 Å². The molecule has 0 bridgehead atoms. The first kappa shape index (κ1) is 59.8. The molecule has 22 nitrogen and oxygen atoms in total. The van der Waals surface area contributed by atoms with Crippen molar-refractivity contribution in [3.63, 3.8) is 0 Å². The summed E-state index contributed by atoms with van der Waals surface area (Å²) in [5.74, 6) is -2.80. The minimum Gasteiger partial charge on any atom is -0.479 e. The molecule has 5 aliphatic carbocycles. The number of carboxylic acids is 1. The van der Waals surface area contributed by atoms with Gasteiger partial charge in [-0.15, -0.1) is 0 Å². The number of aliphatic hydroxyl groups is 12. The van der Waals surface area contributed by atoms with Gasteiger partial charge in [0.15, 0.2) is 25.0 Å². The number of fused-ring (bicyclic) bond motifs is 7. The average Bonchev–Trinajstić information content (AvgIpc) is 3.58. The molecule has 8 aliphatic rings. The Morgan fingerprint density at radius 2 is 1.28 bits per heavy atom. The molecule has 3 heterocycles. The third kappa shape index (κ3) is 9.17. The lowest BCUT2D eigenvalue weighted by Crippen LogP contribution is -2.71. The molecule has 8 rings (SSSR count). The average molecular weight is 1090 g/mol. The zero-order chi connectivity index (χ0) is 56.2. The summed E-state index contributed by atoms with van der Waals surface area (Å²) in [4.78, 5) is 26.3. The number of aliphatic carboxylic acids is 1. The summed E-state index contributed by atoms with van der Waals surface area (Å²) in [7, 11) is 0. The first-order chi connectivity index (χ1) is 35.5. The quantitative estimate of drug-likeness (QED) is 0.0473. The van der Waals surface area contributed by atoms with Crippen LogP contribution in [0, 0.1) is 56.2 Å². The van der Waals surface area contributed by atoms with Crippen molar-refractivity contribution in [2.75, 3.05) is 26.4 Å². The van der Waals surface area contributed by atoms with Crippen LogP contribution < -0.4 is 0 Å². The number of esters is 1. The van der Waals surface area contributed by atoms with Crippen molar-refractivity contribution in [2.24, 2.45) is 56.2 Å². The van der Waals surface area contributed by atoms with E-state index in [2.05, 4.69) is 33.8 Å². The fraction of sp³-hybridized carbons (Fsp3) is 0.889. The van der Waals surface area contributed by atoms with Crippen LogP contribution in [0.3, 0.4) is 0 Å². The highest BCUT2D eigenvalue weighted by molar-refractivity contribution is 5.87. The van der Waals surface area contributed by atoms with E-state index in [1.165, 1.54) is 5.57 Å². The van der Waals surface area contributed by atoms with Crippen LogP contribution in [-0.2, 0) is 42.7 Å². The Morgan fingerprint density at radius 3 is 1.80 bits per heavy atom. The molecule has 0 spiro atoms. The summed E-state index contributed by atoms with van der Waals surface area (Å²) in [6.07, 6.45) is -23.3. The van der Waals surface area contributed by atoms with E-state index in [0.29, 0.717) is 44.1 Å². The van der Waals surface area contributed by atoms with E-state index in [-0.39, 0.29) is 42.1 Å². The van der Waals surface area contributed by atoms with Crippen molar-refractivity contribution in [2.45, 2.75) is 218 Å². The number of rotatable bonds is 13. The first-order valence-corrected chi connectivity index (χ1v) is 27.1. The topological polar surface area (TPSA) is 362 Å². The SMILES string of the molecule is C/C=C(\C)C(=O)O[C@H]1[C@H](O)[C@]2(CO)[C@H](C)C[C@]3(C)C(=CCC4[C@@]5(C)CC[C@H](O[C@@H]6O[C@H](C(=O)O)[C@@H](O[C@@H]7O[C@H](CO)[C@@H](O)[C@H](O)[C@H]7O)[C@H](O)[C@H]6O[C@@H]6O[C@H](CO)[C@@H](O)[C@H](O)[C@H]6O)[C@](C)(CO)C5CC[C@]43C)[C@@H]2CC1(C)C. The first-order valence-electron chi connectivity index (χ1n) is 27.1. The highest BCUT2D eigenvalue weighted by Gasteiger charge is 2.73. The van der Waals surface area contributed by atoms with Gasteiger partial charge in [-0.05, 0) is 98.7 Å². The van der Waals surface area contributed by atoms with Gasteiger partial charge in [-0.25, -0.2) is 9.59 Å². The van der Waals surface area contributed by atoms with Gasteiger partial charge in [0.1, 0.15) is 79.4 Å². The Balaban J connectivity index is 1.10. The van der Waals surface area contributed by atoms with E-state index in [1.807, 2.05) is 20.8 Å². The molecule has 0 aromatic carbocycles. The maximum Gasteiger partial charge on any atom is 0.335 e. The Labute approximate surface area is 443 Å². The highest BCUT2D eigenvalue weighted by Crippen LogP contribution is 2.76. The van der Waals surface area contributed by atoms with E-state index < -0.39 is 169 Å². The van der Waals surface area contributed by atoms with Gasteiger partial charge in [0.25, 0.3) is 0 Å². The minimum absolute atomic E-state index is 0.0546. The molecule has 4 saturated carbocycles. The number of carbonyl (C=O) groups excluding carboxylic acids is 1. The molecule has 22 heteroatoms. The number of carboxylic acid groups (broad SMARTS) is 1. The van der Waals surface area contributed by atoms with Crippen molar-refractivity contribution in [1.82, 2.24) is 0 Å². The zero-order valence-electron chi connectivity index (χ0n) is 45.1. The molecule has 3 saturated heterocycles. The predicted octanol–water partition coefficient (Wildman–Crippen LogP) is -0.617. The summed E-state index contributed by atoms with van der Waals surface area (Å²) >= 11 is 0. The second kappa shape index (κ2) is 21.5. The fourth-order valence-corrected chi connectivity index (χ4v) is 16.4. The lowest BCUT2D eigenvalue weighted by atomic mass is 9.32. The van der Waals surface area contributed by atoms with Crippen LogP contribution in [-0.4, -0.2) is 215 Å². The fourth-order valence-electron chi connectivity index (χ4n) is 16.4. The van der Waals surface area contributed by atoms with Gasteiger partial charge in [0.05, 0.1) is 32.5 Å². The number of hydrogen-bond acceptors (Lipinski definition) is 21. The summed E-state index contributed by atoms with van der Waals surface area (Å²) in [5, 5.41) is 143. The summed E-state index contributed by atoms with van der Waals surface area (Å²) in [6.45, 7) is 16.0. The van der Waals surface area contributed by atoms with Crippen molar-refractivity contribution < 1.29 is 109 Å². The molecule has 7 fully saturated rings. The number of ether oxygens (including phenoxy) is 7. The number of aliphatic hydroxyl groups excluding tert-OH is 12. The van der Waals surface area contributed by atoms with Crippen molar-refractivity contribution in [3.05, 3.63) is 23.3 Å². The monoisotopic (exact) mass is 1090 g/mol. The van der Waals surface area contributed by atoms with Crippen molar-refractivity contribution >= 4 is 11.9 Å². The molecular formula is C54H86O22. The van der Waals surface area contributed by atoms with Crippen LogP contribution in [0.5, 0.6) is 0 Å². The predicted molar refractivity (Wildman–Crippen MR) is 263 cm³/mol. The molecule has 76 heavy (non-hydrogen) atoms. The van der Waals surface area contributed by atoms with Gasteiger partial charge in [-0.3, -0.25) is 0 Å². The van der Waals surface area contributed by atoms with E-state index >= 15 is 0 Å². The molecule has 2 unspecified atom stereocenters. The summed E-state index contributed by atoms with van der Waals surface area (Å²) in [5.41, 5.74) is -2.25. The van der Waals surface area contributed by atoms with Crippen molar-refractivity contribution in [1.29, 1.82) is 0 Å². The third-order valence-corrected chi connectivity index (χ3v) is 21.2. The van der Waals surface area contributed by atoms with Gasteiger partial charge in [-0.2, -0.15) is 0 Å². The molecule has 0 amide bonds. The second-order valence-electron chi connectivity index (χ2n) is 25.3. The van der Waals surface area contributed by atoms with E-state index in [9.17, 15) is 76.0 Å². The Hall–Kier alpha value is -2.30. The normalized spacial score (nSPS) is 52.3. The molecule has 0 aromatic rings. The zero-order valence-corrected chi connectivity index (χ0v) is 45.1. The van der Waals surface area contributed by atoms with Gasteiger partial charge in [0.2, 0.25) is 0 Å². The molecule has 27 atom stereocenters. The van der Waals surface area contributed by atoms with Crippen LogP contribution in [0.2, 0.25) is 0 Å². The van der Waals surface area contributed by atoms with Crippen LogP contribution in [0.1, 0.15) is 107 Å². The Bertz CT molecular complexity index is 2170. The molecular weight excluding hydrogens is 1000 g/mol. The second-order valence-corrected chi connectivity index (χ2v) is 25.3. The molecule has 0 aromatic heterocycles. The molecule has 0 radical (unpaired) electrons. The smallest absolute Gasteiger partial charge is 0.335 e. The van der Waals surface area contributed by atoms with Crippen LogP contribution in [0.15, 0.2) is 23.3 Å². The molecule has 434 valence electrons. The third-order valence-electron chi connectivity index (χ3n) is 21.2. The summed E-state index contributed by atoms with van der Waals surface area (Å²) < 4.78 is 42.1. The summed E-state index contributed by atoms with van der Waals surface area (Å²) in [6, 6.07) is 0. The molecule has 13 N–H and O–H groups in total. The lowest BCUT2D eigenvalue weighted by molar-refractivity contribution is -0.392. The Kier molecular flexibility index (Phi) is 17.0. The molecule has 3 aliphatic heterocycles. The number of allylic oxidation sites excluding steroid dienone is 3. The number of carbonyl (C=O) groups is 2. The van der Waals surface area contributed by atoms with E-state index in [4.69, 9.17) is 33.2 Å². The largest absolute Gasteiger partial charge is 0.479 e. The minimum atomic E-state index is -2.14. The standard InChI is InChI=1S/C54H86O22/c1-10-23(2)45(69)76-43-42(66)54(22-58)24(3)17-53(9)25(26(54)18-49(43,4)5)11-12-30-50(6)15-14-31(51(7,21-57)29(50)13-16-52(30,53)8)72-48-40(74-47-37(64)35(62)33(60)28(20-56)71-47)38(65)39(41(75-48)44(67)68)73-46-36(63)34(61)32(59)27(19-55)70-46/h10-11,24,26-43,46-48,55-66H,12-22H2,1-9H3,(H,67,68)/b23-10+/t24-,26+,27-,28-,29?,30?,31+,32-,33-,34+,35+,36-,37-,38+,39+,40-,41+,42+,43+,46+,47+,48-,50+,51-,52-,53-,54-/m1/s1. The van der Waals surface area contributed by atoms with Crippen LogP contribution in [0.25, 0.3) is 0 Å². The van der Waals surface area contributed by atoms with Crippen LogP contribution in [0.4, 0.5) is 0 Å². The number of hydrogen-bond donors (Lipinski definition) is 13. The van der Waals surface area contributed by atoms with Gasteiger partial charge in [0, 0.05) is 21.8 Å². The lowest BCUT2D eigenvalue weighted by Gasteiger charge is -2.73. The van der Waals surface area contributed by atoms with Gasteiger partial charge >= 0.3 is 11.9 Å². The van der Waals surface area contributed by atoms with Crippen molar-refractivity contribution in [3.8, 4) is 0 Å². The van der Waals surface area contributed by atoms with Crippen LogP contribution >= 0.6 is 0 Å². The maximum atomic E-state index is 13.2.